The molecule has 0 saturated heterocycles. The smallest absolute Gasteiger partial charge is 0.304 e. The van der Waals surface area contributed by atoms with Crippen molar-refractivity contribution in [1.82, 2.24) is 14.5 Å². The van der Waals surface area contributed by atoms with Crippen molar-refractivity contribution in [2.24, 2.45) is 0 Å². The van der Waals surface area contributed by atoms with E-state index in [0.717, 1.165) is 14.2 Å². The number of amides is 2. The van der Waals surface area contributed by atoms with Gasteiger partial charge in [0.2, 0.25) is 11.8 Å². The van der Waals surface area contributed by atoms with Crippen LogP contribution in [0.5, 0.6) is 0 Å². The summed E-state index contributed by atoms with van der Waals surface area (Å²) >= 11 is 0. The van der Waals surface area contributed by atoms with Crippen LogP contribution >= 0.6 is 0 Å². The lowest BCUT2D eigenvalue weighted by Crippen LogP contribution is -2.54. The number of carbonyl (C=O) groups excluding carboxylic acids is 2. The van der Waals surface area contributed by atoms with Crippen LogP contribution in [0.2, 0.25) is 0 Å². The Morgan fingerprint density at radius 1 is 0.895 bits per heavy atom. The summed E-state index contributed by atoms with van der Waals surface area (Å²) in [4.78, 5) is 28.5. The van der Waals surface area contributed by atoms with Crippen LogP contribution in [0, 0.1) is 5.82 Å². The number of anilines is 1. The number of halogens is 1. The van der Waals surface area contributed by atoms with Gasteiger partial charge in [0.1, 0.15) is 18.4 Å². The van der Waals surface area contributed by atoms with Gasteiger partial charge < -0.3 is 10.2 Å². The molecule has 1 atom stereocenters. The second-order valence-electron chi connectivity index (χ2n) is 8.85. The Morgan fingerprint density at radius 2 is 1.47 bits per heavy atom. The second kappa shape index (κ2) is 13.2. The van der Waals surface area contributed by atoms with Gasteiger partial charge >= 0.3 is 10.2 Å². The van der Waals surface area contributed by atoms with Gasteiger partial charge in [0, 0.05) is 39.2 Å². The predicted octanol–water partition coefficient (Wildman–Crippen LogP) is 3.21. The van der Waals surface area contributed by atoms with Gasteiger partial charge in [0.25, 0.3) is 0 Å². The van der Waals surface area contributed by atoms with Gasteiger partial charge in [-0.1, -0.05) is 66.7 Å². The average molecular weight is 541 g/mol. The lowest BCUT2D eigenvalue weighted by atomic mass is 10.0. The van der Waals surface area contributed by atoms with Crippen LogP contribution in [0.25, 0.3) is 0 Å². The third kappa shape index (κ3) is 7.17. The van der Waals surface area contributed by atoms with Crippen molar-refractivity contribution in [3.63, 3.8) is 0 Å². The average Bonchev–Trinajstić information content (AvgIpc) is 2.91. The summed E-state index contributed by atoms with van der Waals surface area (Å²) in [6, 6.07) is 22.4. The number of nitrogens with one attached hydrogen (secondary N) is 1. The van der Waals surface area contributed by atoms with Crippen molar-refractivity contribution in [2.75, 3.05) is 31.5 Å². The molecule has 2 amide bonds. The highest BCUT2D eigenvalue weighted by molar-refractivity contribution is 7.90. The Balaban J connectivity index is 2.07. The van der Waals surface area contributed by atoms with Gasteiger partial charge in [0.15, 0.2) is 0 Å². The first kappa shape index (κ1) is 28.8. The first-order valence-electron chi connectivity index (χ1n) is 12.2. The number of nitrogens with zero attached hydrogens (tertiary/aromatic N) is 3. The second-order valence-corrected chi connectivity index (χ2v) is 10.9. The molecule has 0 aliphatic carbocycles. The zero-order chi connectivity index (χ0) is 27.7. The summed E-state index contributed by atoms with van der Waals surface area (Å²) in [6.07, 6.45) is 0.165. The molecule has 3 aromatic rings. The molecule has 0 aliphatic heterocycles. The molecule has 38 heavy (non-hydrogen) atoms. The summed E-state index contributed by atoms with van der Waals surface area (Å²) in [5, 5.41) is 2.77. The van der Waals surface area contributed by atoms with Gasteiger partial charge in [-0.25, -0.2) is 8.70 Å². The van der Waals surface area contributed by atoms with E-state index in [1.807, 2.05) is 30.3 Å². The normalized spacial score (nSPS) is 12.1. The molecule has 0 heterocycles. The quantitative estimate of drug-likeness (QED) is 0.382. The molecule has 0 aromatic heterocycles. The largest absolute Gasteiger partial charge is 0.355 e. The fourth-order valence-electron chi connectivity index (χ4n) is 3.97. The van der Waals surface area contributed by atoms with E-state index in [2.05, 4.69) is 5.32 Å². The molecule has 3 rings (SSSR count). The first-order valence-corrected chi connectivity index (χ1v) is 13.6. The Bertz CT molecular complexity index is 1320. The van der Waals surface area contributed by atoms with Crippen molar-refractivity contribution in [3.8, 4) is 0 Å². The number of rotatable bonds is 12. The van der Waals surface area contributed by atoms with Gasteiger partial charge in [0.05, 0.1) is 5.69 Å². The first-order chi connectivity index (χ1) is 18.1. The van der Waals surface area contributed by atoms with Crippen molar-refractivity contribution in [2.45, 2.75) is 25.9 Å². The van der Waals surface area contributed by atoms with Crippen LogP contribution < -0.4 is 9.62 Å². The minimum absolute atomic E-state index is 0.165. The zero-order valence-corrected chi connectivity index (χ0v) is 22.6. The molecule has 0 bridgehead atoms. The summed E-state index contributed by atoms with van der Waals surface area (Å²) < 4.78 is 43.2. The fourth-order valence-corrected chi connectivity index (χ4v) is 5.02. The number of para-hydroxylation sites is 1. The summed E-state index contributed by atoms with van der Waals surface area (Å²) in [6.45, 7) is 1.30. The van der Waals surface area contributed by atoms with Crippen LogP contribution in [0.1, 0.15) is 18.1 Å². The monoisotopic (exact) mass is 540 g/mol. The molecular weight excluding hydrogens is 507 g/mol. The van der Waals surface area contributed by atoms with Crippen LogP contribution in [-0.2, 0) is 32.8 Å². The Kier molecular flexibility index (Phi) is 9.98. The molecule has 8 nitrogen and oxygen atoms in total. The molecule has 0 aliphatic rings. The van der Waals surface area contributed by atoms with Crippen molar-refractivity contribution >= 4 is 27.7 Å². The standard InChI is InChI=1S/C28H33FN4O4S/c1-4-30-28(35)26(19-22-13-7-5-8-14-22)32(20-23-15-11-12-18-25(23)29)27(34)21-33(38(36,37)31(2)3)24-16-9-6-10-17-24/h5-18,26H,4,19-21H2,1-3H3,(H,30,35). The summed E-state index contributed by atoms with van der Waals surface area (Å²) in [7, 11) is -1.32. The van der Waals surface area contributed by atoms with Crippen molar-refractivity contribution < 1.29 is 22.4 Å². The van der Waals surface area contributed by atoms with Crippen molar-refractivity contribution in [3.05, 3.63) is 102 Å². The van der Waals surface area contributed by atoms with Gasteiger partial charge in [-0.05, 0) is 30.7 Å². The molecule has 0 saturated carbocycles. The number of likely N-dealkylation sites (N-methyl/N-ethyl adjacent to an activating group) is 1. The van der Waals surface area contributed by atoms with Gasteiger partial charge in [-0.3, -0.25) is 9.59 Å². The van der Waals surface area contributed by atoms with Gasteiger partial charge in [-0.2, -0.15) is 12.7 Å². The predicted molar refractivity (Wildman–Crippen MR) is 146 cm³/mol. The maximum atomic E-state index is 14.7. The van der Waals surface area contributed by atoms with E-state index >= 15 is 0 Å². The minimum Gasteiger partial charge on any atom is -0.355 e. The molecule has 1 N–H and O–H groups in total. The fraction of sp³-hybridized carbons (Fsp3) is 0.286. The van der Waals surface area contributed by atoms with E-state index in [-0.39, 0.29) is 24.2 Å². The molecule has 10 heteroatoms. The Labute approximate surface area is 223 Å². The minimum atomic E-state index is -4.07. The van der Waals surface area contributed by atoms with Gasteiger partial charge in [-0.15, -0.1) is 0 Å². The third-order valence-corrected chi connectivity index (χ3v) is 7.80. The molecule has 202 valence electrons. The van der Waals surface area contributed by atoms with Crippen LogP contribution in [-0.4, -0.2) is 62.7 Å². The Hall–Kier alpha value is -3.76. The highest BCUT2D eigenvalue weighted by Gasteiger charge is 2.34. The van der Waals surface area contributed by atoms with Crippen LogP contribution in [0.4, 0.5) is 10.1 Å². The number of hydrogen-bond acceptors (Lipinski definition) is 4. The number of hydrogen-bond donors (Lipinski definition) is 1. The van der Waals surface area contributed by atoms with E-state index in [9.17, 15) is 22.4 Å². The maximum absolute atomic E-state index is 14.7. The molecule has 0 radical (unpaired) electrons. The lowest BCUT2D eigenvalue weighted by molar-refractivity contribution is -0.140. The molecule has 1 unspecified atom stereocenters. The van der Waals surface area contributed by atoms with Crippen LogP contribution in [0.3, 0.4) is 0 Å². The highest BCUT2D eigenvalue weighted by Crippen LogP contribution is 2.22. The Morgan fingerprint density at radius 3 is 2.05 bits per heavy atom. The SMILES string of the molecule is CCNC(=O)C(Cc1ccccc1)N(Cc1ccccc1F)C(=O)CN(c1ccccc1)S(=O)(=O)N(C)C. The zero-order valence-electron chi connectivity index (χ0n) is 21.7. The van der Waals surface area contributed by atoms with E-state index in [1.165, 1.54) is 31.1 Å². The van der Waals surface area contributed by atoms with E-state index < -0.39 is 40.4 Å². The summed E-state index contributed by atoms with van der Waals surface area (Å²) in [5.41, 5.74) is 1.30. The highest BCUT2D eigenvalue weighted by atomic mass is 32.2. The molecule has 0 spiro atoms. The molecule has 3 aromatic carbocycles. The summed E-state index contributed by atoms with van der Waals surface area (Å²) in [5.74, 6) is -1.59. The number of benzene rings is 3. The van der Waals surface area contributed by atoms with E-state index in [4.69, 9.17) is 0 Å². The van der Waals surface area contributed by atoms with E-state index in [1.54, 1.807) is 49.4 Å². The maximum Gasteiger partial charge on any atom is 0.304 e. The number of carbonyl (C=O) groups is 2. The molecule has 0 fully saturated rings. The topological polar surface area (TPSA) is 90.0 Å². The van der Waals surface area contributed by atoms with Crippen LogP contribution in [0.15, 0.2) is 84.9 Å². The lowest BCUT2D eigenvalue weighted by Gasteiger charge is -2.34. The molecular formula is C28H33FN4O4S. The van der Waals surface area contributed by atoms with E-state index in [0.29, 0.717) is 6.54 Å². The van der Waals surface area contributed by atoms with Crippen molar-refractivity contribution in [1.29, 1.82) is 0 Å². The third-order valence-electron chi connectivity index (χ3n) is 5.98.